The summed E-state index contributed by atoms with van der Waals surface area (Å²) < 4.78 is 18.6. The lowest BCUT2D eigenvalue weighted by Crippen LogP contribution is -2.05. The summed E-state index contributed by atoms with van der Waals surface area (Å²) in [5.41, 5.74) is 5.21. The molecule has 0 saturated heterocycles. The molecule has 3 aromatic rings. The molecule has 0 bridgehead atoms. The van der Waals surface area contributed by atoms with Crippen LogP contribution in [-0.4, -0.2) is 0 Å². The third-order valence-electron chi connectivity index (χ3n) is 4.44. The molecule has 0 heterocycles. The van der Waals surface area contributed by atoms with Gasteiger partial charge in [0.25, 0.3) is 0 Å². The average molecular weight is 392 g/mol. The molecule has 144 valence electrons. The Morgan fingerprint density at radius 2 is 1.07 bits per heavy atom. The lowest BCUT2D eigenvalue weighted by atomic mass is 10.1. The lowest BCUT2D eigenvalue weighted by Gasteiger charge is -2.21. The normalized spacial score (nSPS) is 10.6. The molecular weight excluding hydrogens is 367 g/mol. The van der Waals surface area contributed by atoms with Crippen molar-refractivity contribution in [2.75, 3.05) is 0 Å². The Morgan fingerprint density at radius 3 is 1.46 bits per heavy atom. The predicted octanol–water partition coefficient (Wildman–Crippen LogP) is 7.33. The van der Waals surface area contributed by atoms with Crippen molar-refractivity contribution in [3.8, 4) is 17.2 Å². The largest absolute Gasteiger partial charge is 0.530 e. The van der Waals surface area contributed by atoms with E-state index in [0.29, 0.717) is 5.75 Å². The molecule has 0 N–H and O–H groups in total. The van der Waals surface area contributed by atoms with Gasteiger partial charge in [-0.3, -0.25) is 0 Å². The van der Waals surface area contributed by atoms with Crippen LogP contribution in [0.4, 0.5) is 0 Å². The Hall–Kier alpha value is -2.77. The van der Waals surface area contributed by atoms with E-state index in [-0.39, 0.29) is 0 Å². The van der Waals surface area contributed by atoms with Gasteiger partial charge in [0.15, 0.2) is 0 Å². The van der Waals surface area contributed by atoms with E-state index >= 15 is 0 Å². The summed E-state index contributed by atoms with van der Waals surface area (Å²) in [7, 11) is -1.69. The van der Waals surface area contributed by atoms with Crippen molar-refractivity contribution < 1.29 is 13.6 Å². The summed E-state index contributed by atoms with van der Waals surface area (Å²) in [6.07, 6.45) is 1.80. The van der Waals surface area contributed by atoms with Crippen molar-refractivity contribution in [2.45, 2.75) is 27.7 Å². The van der Waals surface area contributed by atoms with Gasteiger partial charge < -0.3 is 13.6 Å². The van der Waals surface area contributed by atoms with Crippen molar-refractivity contribution in [1.82, 2.24) is 0 Å². The molecular formula is C24H25O3P. The average Bonchev–Trinajstić information content (AvgIpc) is 2.68. The van der Waals surface area contributed by atoms with Crippen LogP contribution in [0.25, 0.3) is 6.08 Å². The zero-order chi connectivity index (χ0) is 20.1. The molecule has 28 heavy (non-hydrogen) atoms. The number of hydrogen-bond acceptors (Lipinski definition) is 3. The first-order chi connectivity index (χ1) is 13.5. The third kappa shape index (κ3) is 4.74. The van der Waals surface area contributed by atoms with E-state index in [1.165, 1.54) is 0 Å². The number of aryl methyl sites for hydroxylation is 4. The molecule has 3 nitrogen and oxygen atoms in total. The molecule has 3 rings (SSSR count). The maximum absolute atomic E-state index is 6.25. The fraction of sp³-hybridized carbons (Fsp3) is 0.167. The Balaban J connectivity index is 1.91. The van der Waals surface area contributed by atoms with Gasteiger partial charge in [0.1, 0.15) is 17.2 Å². The highest BCUT2D eigenvalue weighted by Gasteiger charge is 2.23. The van der Waals surface area contributed by atoms with Crippen molar-refractivity contribution in [3.63, 3.8) is 0 Å². The van der Waals surface area contributed by atoms with Crippen LogP contribution in [0, 0.1) is 27.7 Å². The minimum absolute atomic E-state index is 0.689. The molecule has 0 amide bonds. The van der Waals surface area contributed by atoms with Gasteiger partial charge in [-0.15, -0.1) is 0 Å². The minimum atomic E-state index is -1.69. The first-order valence-corrected chi connectivity index (χ1v) is 10.3. The van der Waals surface area contributed by atoms with Crippen LogP contribution in [0.5, 0.6) is 17.2 Å². The molecule has 0 fully saturated rings. The smallest absolute Gasteiger partial charge is 0.409 e. The second-order valence-corrected chi connectivity index (χ2v) is 7.71. The molecule has 0 aliphatic carbocycles. The number of para-hydroxylation sites is 2. The first-order valence-electron chi connectivity index (χ1n) is 9.17. The highest BCUT2D eigenvalue weighted by Crippen LogP contribution is 2.45. The number of benzene rings is 3. The van der Waals surface area contributed by atoms with Crippen LogP contribution in [0.3, 0.4) is 0 Å². The van der Waals surface area contributed by atoms with Crippen LogP contribution in [-0.2, 0) is 0 Å². The molecule has 4 heteroatoms. The van der Waals surface area contributed by atoms with E-state index < -0.39 is 8.60 Å². The molecule has 0 unspecified atom stereocenters. The summed E-state index contributed by atoms with van der Waals surface area (Å²) >= 11 is 0. The van der Waals surface area contributed by atoms with Crippen LogP contribution in [0.15, 0.2) is 67.2 Å². The van der Waals surface area contributed by atoms with Crippen molar-refractivity contribution in [1.29, 1.82) is 0 Å². The molecule has 0 aromatic heterocycles. The van der Waals surface area contributed by atoms with E-state index in [1.807, 2.05) is 88.4 Å². The van der Waals surface area contributed by atoms with Crippen LogP contribution >= 0.6 is 8.60 Å². The topological polar surface area (TPSA) is 27.7 Å². The fourth-order valence-electron chi connectivity index (χ4n) is 2.84. The van der Waals surface area contributed by atoms with E-state index in [1.54, 1.807) is 6.08 Å². The number of hydrogen-bond donors (Lipinski definition) is 0. The minimum Gasteiger partial charge on any atom is -0.409 e. The molecule has 0 aliphatic rings. The predicted molar refractivity (Wildman–Crippen MR) is 117 cm³/mol. The van der Waals surface area contributed by atoms with Gasteiger partial charge in [0, 0.05) is 0 Å². The third-order valence-corrected chi connectivity index (χ3v) is 5.47. The van der Waals surface area contributed by atoms with Gasteiger partial charge in [-0.05, 0) is 67.6 Å². The lowest BCUT2D eigenvalue weighted by molar-refractivity contribution is 0.383. The summed E-state index contributed by atoms with van der Waals surface area (Å²) in [4.78, 5) is 0. The zero-order valence-corrected chi connectivity index (χ0v) is 17.6. The first kappa shape index (κ1) is 20.0. The molecule has 0 aliphatic heterocycles. The SMILES string of the molecule is C=Cc1ccc(OP(Oc2c(C)cccc2C)Oc2c(C)cccc2C)cc1. The summed E-state index contributed by atoms with van der Waals surface area (Å²) in [6, 6.07) is 19.8. The summed E-state index contributed by atoms with van der Waals surface area (Å²) in [5, 5.41) is 0. The Bertz CT molecular complexity index is 870. The van der Waals surface area contributed by atoms with Gasteiger partial charge >= 0.3 is 8.60 Å². The molecule has 0 radical (unpaired) electrons. The maximum Gasteiger partial charge on any atom is 0.530 e. The summed E-state index contributed by atoms with van der Waals surface area (Å²) in [6.45, 7) is 11.9. The summed E-state index contributed by atoms with van der Waals surface area (Å²) in [5.74, 6) is 2.28. The highest BCUT2D eigenvalue weighted by molar-refractivity contribution is 7.43. The van der Waals surface area contributed by atoms with Crippen molar-refractivity contribution in [2.24, 2.45) is 0 Å². The van der Waals surface area contributed by atoms with E-state index in [2.05, 4.69) is 6.58 Å². The second-order valence-electron chi connectivity index (χ2n) is 6.71. The second kappa shape index (κ2) is 8.95. The highest BCUT2D eigenvalue weighted by atomic mass is 31.2. The van der Waals surface area contributed by atoms with Gasteiger partial charge in [0.05, 0.1) is 0 Å². The monoisotopic (exact) mass is 392 g/mol. The van der Waals surface area contributed by atoms with Crippen LogP contribution in [0.2, 0.25) is 0 Å². The van der Waals surface area contributed by atoms with Gasteiger partial charge in [0.2, 0.25) is 0 Å². The van der Waals surface area contributed by atoms with Gasteiger partial charge in [-0.25, -0.2) is 0 Å². The Kier molecular flexibility index (Phi) is 6.38. The fourth-order valence-corrected chi connectivity index (χ4v) is 4.12. The van der Waals surface area contributed by atoms with Gasteiger partial charge in [-0.2, -0.15) is 0 Å². The van der Waals surface area contributed by atoms with E-state index in [0.717, 1.165) is 39.3 Å². The Morgan fingerprint density at radius 1 is 0.643 bits per heavy atom. The van der Waals surface area contributed by atoms with E-state index in [4.69, 9.17) is 13.6 Å². The van der Waals surface area contributed by atoms with Crippen molar-refractivity contribution in [3.05, 3.63) is 95.1 Å². The van der Waals surface area contributed by atoms with E-state index in [9.17, 15) is 0 Å². The quantitative estimate of drug-likeness (QED) is 0.394. The molecule has 0 spiro atoms. The molecule has 0 atom stereocenters. The molecule has 0 saturated carbocycles. The van der Waals surface area contributed by atoms with Crippen LogP contribution in [0.1, 0.15) is 27.8 Å². The van der Waals surface area contributed by atoms with Crippen LogP contribution < -0.4 is 13.6 Å². The standard InChI is InChI=1S/C24H25O3P/c1-6-21-13-15-22(16-14-21)25-28(26-23-17(2)9-7-10-18(23)3)27-24-19(4)11-8-12-20(24)5/h6-16H,1H2,2-5H3. The maximum atomic E-state index is 6.25. The zero-order valence-electron chi connectivity index (χ0n) is 16.7. The van der Waals surface area contributed by atoms with Gasteiger partial charge in [-0.1, -0.05) is 61.2 Å². The van der Waals surface area contributed by atoms with Crippen molar-refractivity contribution >= 4 is 14.7 Å². The number of rotatable bonds is 7. The Labute approximate surface area is 168 Å². The molecule has 3 aromatic carbocycles.